The second-order valence-corrected chi connectivity index (χ2v) is 9.10. The van der Waals surface area contributed by atoms with Crippen LogP contribution in [-0.2, 0) is 14.6 Å². The first-order valence-corrected chi connectivity index (χ1v) is 8.75. The fourth-order valence-corrected chi connectivity index (χ4v) is 2.79. The molecule has 1 aromatic carbocycles. The molecule has 1 aromatic rings. The Kier molecular flexibility index (Phi) is 4.00. The zero-order valence-corrected chi connectivity index (χ0v) is 13.7. The molecule has 0 spiro atoms. The van der Waals surface area contributed by atoms with Crippen LogP contribution in [0.2, 0.25) is 0 Å². The molecule has 1 atom stereocenters. The summed E-state index contributed by atoms with van der Waals surface area (Å²) in [4.78, 5) is 0. The predicted molar refractivity (Wildman–Crippen MR) is 73.5 cm³/mol. The van der Waals surface area contributed by atoms with Crippen LogP contribution in [0.25, 0.3) is 0 Å². The normalized spacial score (nSPS) is 14.8. The summed E-state index contributed by atoms with van der Waals surface area (Å²) in [5.74, 6) is 0. The van der Waals surface area contributed by atoms with Crippen molar-refractivity contribution in [3.05, 3.63) is 29.3 Å². The van der Waals surface area contributed by atoms with Crippen molar-refractivity contribution >= 4 is 19.3 Å². The molecule has 3 heteroatoms. The van der Waals surface area contributed by atoms with E-state index in [4.69, 9.17) is 0 Å². The fourth-order valence-electron chi connectivity index (χ4n) is 1.62. The molecular weight excluding hydrogens is 275 g/mol. The van der Waals surface area contributed by atoms with Crippen LogP contribution >= 0.6 is 0 Å². The number of benzene rings is 1. The van der Waals surface area contributed by atoms with E-state index in [0.29, 0.717) is 4.35 Å². The summed E-state index contributed by atoms with van der Waals surface area (Å²) in [7, 11) is 0. The monoisotopic (exact) mass is 298 g/mol. The third-order valence-corrected chi connectivity index (χ3v) is 4.55. The van der Waals surface area contributed by atoms with E-state index in [2.05, 4.69) is 47.6 Å². The van der Waals surface area contributed by atoms with Gasteiger partial charge in [0.1, 0.15) is 0 Å². The first kappa shape index (κ1) is 14.6. The van der Waals surface area contributed by atoms with Crippen LogP contribution in [0.3, 0.4) is 0 Å². The van der Waals surface area contributed by atoms with E-state index in [-0.39, 0.29) is 10.8 Å². The summed E-state index contributed by atoms with van der Waals surface area (Å²) in [6.07, 6.45) is 0. The van der Waals surface area contributed by atoms with Gasteiger partial charge >= 0.3 is 109 Å². The van der Waals surface area contributed by atoms with Crippen molar-refractivity contribution in [1.82, 2.24) is 0 Å². The zero-order chi connectivity index (χ0) is 13.4. The first-order chi connectivity index (χ1) is 7.51. The van der Waals surface area contributed by atoms with Gasteiger partial charge in [-0.05, 0) is 0 Å². The van der Waals surface area contributed by atoms with Crippen molar-refractivity contribution in [3.63, 3.8) is 0 Å². The molecule has 1 unspecified atom stereocenters. The summed E-state index contributed by atoms with van der Waals surface area (Å²) in [5.41, 5.74) is 2.28. The predicted octanol–water partition coefficient (Wildman–Crippen LogP) is 2.13. The topological polar surface area (TPSA) is 37.3 Å². The Morgan fingerprint density at radius 3 is 1.47 bits per heavy atom. The maximum atomic E-state index is 11.4. The minimum absolute atomic E-state index is 0.00375. The molecule has 0 aliphatic rings. The van der Waals surface area contributed by atoms with Gasteiger partial charge in [0.2, 0.25) is 0 Å². The average Bonchev–Trinajstić information content (AvgIpc) is 2.14. The van der Waals surface area contributed by atoms with Gasteiger partial charge in [0.15, 0.2) is 0 Å². The average molecular weight is 298 g/mol. The summed E-state index contributed by atoms with van der Waals surface area (Å²) in [5, 5.41) is 0. The van der Waals surface area contributed by atoms with Crippen molar-refractivity contribution in [2.75, 3.05) is 0 Å². The number of rotatable bonds is 1. The van der Waals surface area contributed by atoms with Gasteiger partial charge in [0, 0.05) is 0 Å². The number of hydrogen-bond acceptors (Lipinski definition) is 1. The Hall–Kier alpha value is -0.462. The van der Waals surface area contributed by atoms with Gasteiger partial charge in [-0.25, -0.2) is 0 Å². The van der Waals surface area contributed by atoms with Gasteiger partial charge in [0.05, 0.1) is 0 Å². The van der Waals surface area contributed by atoms with E-state index in [0.717, 1.165) is 11.1 Å². The van der Waals surface area contributed by atoms with Crippen LogP contribution in [0.5, 0.6) is 0 Å². The Labute approximate surface area is 109 Å². The number of hydrogen-bond donors (Lipinski definition) is 1. The standard InChI is InChI=1S/C14H23AsO2/c1-13(2,3)10-7-11(14(4,5)6)9-12(8-10)15(16)17/h7-9,15H,1-6H3,(H,16,17). The van der Waals surface area contributed by atoms with Crippen molar-refractivity contribution in [3.8, 4) is 0 Å². The fraction of sp³-hybridized carbons (Fsp3) is 0.571. The molecule has 0 fully saturated rings. The quantitative estimate of drug-likeness (QED) is 0.807. The summed E-state index contributed by atoms with van der Waals surface area (Å²) in [6, 6.07) is 5.93. The van der Waals surface area contributed by atoms with Crippen LogP contribution in [0, 0.1) is 0 Å². The summed E-state index contributed by atoms with van der Waals surface area (Å²) in [6.45, 7) is 12.8. The van der Waals surface area contributed by atoms with Crippen molar-refractivity contribution in [1.29, 1.82) is 0 Å². The van der Waals surface area contributed by atoms with E-state index < -0.39 is 14.9 Å². The Morgan fingerprint density at radius 1 is 0.882 bits per heavy atom. The van der Waals surface area contributed by atoms with Gasteiger partial charge in [-0.15, -0.1) is 0 Å². The molecule has 0 aliphatic heterocycles. The second kappa shape index (κ2) is 4.66. The molecule has 0 heterocycles. The molecule has 0 aliphatic carbocycles. The maximum absolute atomic E-state index is 11.4. The van der Waals surface area contributed by atoms with Crippen LogP contribution in [0.4, 0.5) is 0 Å². The first-order valence-electron chi connectivity index (χ1n) is 5.91. The molecular formula is C14H23AsO2. The molecule has 17 heavy (non-hydrogen) atoms. The Morgan fingerprint density at radius 2 is 1.24 bits per heavy atom. The molecule has 96 valence electrons. The van der Waals surface area contributed by atoms with E-state index in [1.54, 1.807) is 0 Å². The molecule has 0 amide bonds. The third-order valence-electron chi connectivity index (χ3n) is 2.91. The molecule has 0 aromatic heterocycles. The van der Waals surface area contributed by atoms with E-state index in [1.807, 2.05) is 12.1 Å². The van der Waals surface area contributed by atoms with Crippen LogP contribution < -0.4 is 4.35 Å². The third kappa shape index (κ3) is 3.76. The molecule has 0 saturated heterocycles. The molecule has 1 N–H and O–H groups in total. The van der Waals surface area contributed by atoms with Gasteiger partial charge in [-0.3, -0.25) is 0 Å². The minimum atomic E-state index is -3.24. The van der Waals surface area contributed by atoms with Gasteiger partial charge < -0.3 is 0 Å². The van der Waals surface area contributed by atoms with Gasteiger partial charge in [-0.2, -0.15) is 0 Å². The van der Waals surface area contributed by atoms with E-state index >= 15 is 0 Å². The van der Waals surface area contributed by atoms with Crippen LogP contribution in [0.15, 0.2) is 18.2 Å². The molecule has 0 radical (unpaired) electrons. The van der Waals surface area contributed by atoms with Crippen LogP contribution in [0.1, 0.15) is 52.7 Å². The van der Waals surface area contributed by atoms with Gasteiger partial charge in [-0.1, -0.05) is 0 Å². The van der Waals surface area contributed by atoms with Crippen LogP contribution in [-0.4, -0.2) is 19.0 Å². The van der Waals surface area contributed by atoms with Gasteiger partial charge in [0.25, 0.3) is 0 Å². The molecule has 0 bridgehead atoms. The van der Waals surface area contributed by atoms with Crippen molar-refractivity contribution in [2.24, 2.45) is 0 Å². The zero-order valence-electron chi connectivity index (χ0n) is 11.6. The van der Waals surface area contributed by atoms with Crippen molar-refractivity contribution < 1.29 is 7.84 Å². The summed E-state index contributed by atoms with van der Waals surface area (Å²) >= 11 is -3.24. The van der Waals surface area contributed by atoms with E-state index in [1.165, 1.54) is 0 Å². The summed E-state index contributed by atoms with van der Waals surface area (Å²) < 4.78 is 21.5. The Balaban J connectivity index is 3.45. The Bertz CT molecular complexity index is 404. The molecule has 1 rings (SSSR count). The van der Waals surface area contributed by atoms with E-state index in [9.17, 15) is 7.84 Å². The second-order valence-electron chi connectivity index (χ2n) is 6.60. The molecule has 2 nitrogen and oxygen atoms in total. The molecule has 0 saturated carbocycles. The SMILES string of the molecule is CC(C)(C)c1cc([AsH](=O)O)cc(C(C)(C)C)c1. The van der Waals surface area contributed by atoms with Crippen molar-refractivity contribution in [2.45, 2.75) is 52.4 Å².